The van der Waals surface area contributed by atoms with Gasteiger partial charge in [0.1, 0.15) is 18.0 Å². The van der Waals surface area contributed by atoms with Crippen LogP contribution in [0.15, 0.2) is 35.3 Å². The van der Waals surface area contributed by atoms with Crippen molar-refractivity contribution < 1.29 is 19.1 Å². The van der Waals surface area contributed by atoms with Crippen LogP contribution in [0.4, 0.5) is 4.39 Å². The van der Waals surface area contributed by atoms with Gasteiger partial charge in [0, 0.05) is 50.6 Å². The van der Waals surface area contributed by atoms with Gasteiger partial charge < -0.3 is 19.8 Å². The fraction of sp³-hybridized carbons (Fsp3) is 0.435. The molecule has 1 aromatic heterocycles. The summed E-state index contributed by atoms with van der Waals surface area (Å²) in [4.78, 5) is 44.5. The van der Waals surface area contributed by atoms with Crippen LogP contribution in [0.25, 0.3) is 5.69 Å². The molecule has 1 fully saturated rings. The number of hydrogen-bond donors (Lipinski definition) is 1. The molecule has 0 bridgehead atoms. The van der Waals surface area contributed by atoms with Gasteiger partial charge in [-0.05, 0) is 55.8 Å². The number of rotatable bonds is 3. The maximum absolute atomic E-state index is 13.6. The SMILES string of the molecule is CC1CN(C(=O)c2c3c(cn(-c4ccc(F)cc4)c2=O)CN(C(=O)CO)CC3)CCN1C. The summed E-state index contributed by atoms with van der Waals surface area (Å²) in [6, 6.07) is 5.65. The van der Waals surface area contributed by atoms with Gasteiger partial charge in [0.25, 0.3) is 11.5 Å². The number of fused-ring (bicyclic) bond motifs is 1. The Kier molecular flexibility index (Phi) is 6.12. The lowest BCUT2D eigenvalue weighted by molar-refractivity contribution is -0.135. The highest BCUT2D eigenvalue weighted by Crippen LogP contribution is 2.24. The zero-order chi connectivity index (χ0) is 23.0. The molecule has 4 rings (SSSR count). The number of piperazine rings is 1. The van der Waals surface area contributed by atoms with Crippen LogP contribution in [-0.2, 0) is 17.8 Å². The zero-order valence-corrected chi connectivity index (χ0v) is 18.3. The highest BCUT2D eigenvalue weighted by Gasteiger charge is 2.32. The number of likely N-dealkylation sites (N-methyl/N-ethyl adjacent to an activating group) is 1. The number of aliphatic hydroxyl groups excluding tert-OH is 1. The maximum atomic E-state index is 13.6. The van der Waals surface area contributed by atoms with Crippen molar-refractivity contribution in [2.75, 3.05) is 39.8 Å². The van der Waals surface area contributed by atoms with Gasteiger partial charge >= 0.3 is 0 Å². The van der Waals surface area contributed by atoms with Crippen molar-refractivity contribution >= 4 is 11.8 Å². The molecule has 1 N–H and O–H groups in total. The summed E-state index contributed by atoms with van der Waals surface area (Å²) in [6.07, 6.45) is 1.97. The second-order valence-electron chi connectivity index (χ2n) is 8.46. The molecule has 1 saturated heterocycles. The molecule has 1 aromatic carbocycles. The molecule has 2 aromatic rings. The standard InChI is InChI=1S/C23H27FN4O4/c1-15-11-27(10-9-25(15)2)22(31)21-19-7-8-26(20(30)14-29)12-16(19)13-28(23(21)32)18-5-3-17(24)4-6-18/h3-6,13,15,29H,7-12,14H2,1-2H3. The molecule has 2 aliphatic heterocycles. The van der Waals surface area contributed by atoms with Crippen molar-refractivity contribution in [3.63, 3.8) is 0 Å². The number of pyridine rings is 1. The summed E-state index contributed by atoms with van der Waals surface area (Å²) < 4.78 is 14.8. The lowest BCUT2D eigenvalue weighted by Crippen LogP contribution is -2.53. The Hall–Kier alpha value is -3.04. The van der Waals surface area contributed by atoms with E-state index < -0.39 is 23.9 Å². The minimum atomic E-state index is -0.599. The molecular weight excluding hydrogens is 415 g/mol. The molecule has 170 valence electrons. The highest BCUT2D eigenvalue weighted by molar-refractivity contribution is 5.96. The van der Waals surface area contributed by atoms with Gasteiger partial charge in [-0.1, -0.05) is 0 Å². The predicted octanol–water partition coefficient (Wildman–Crippen LogP) is 0.630. The largest absolute Gasteiger partial charge is 0.387 e. The lowest BCUT2D eigenvalue weighted by atomic mass is 9.95. The van der Waals surface area contributed by atoms with Crippen LogP contribution in [0.2, 0.25) is 0 Å². The average molecular weight is 442 g/mol. The molecule has 8 nitrogen and oxygen atoms in total. The highest BCUT2D eigenvalue weighted by atomic mass is 19.1. The van der Waals surface area contributed by atoms with E-state index in [-0.39, 0.29) is 24.1 Å². The Morgan fingerprint density at radius 3 is 2.50 bits per heavy atom. The van der Waals surface area contributed by atoms with Crippen LogP contribution < -0.4 is 5.56 Å². The van der Waals surface area contributed by atoms with E-state index in [0.717, 1.165) is 0 Å². The van der Waals surface area contributed by atoms with Crippen LogP contribution in [-0.4, -0.2) is 82.1 Å². The van der Waals surface area contributed by atoms with Crippen molar-refractivity contribution in [2.45, 2.75) is 25.9 Å². The normalized spacial score (nSPS) is 19.1. The Morgan fingerprint density at radius 2 is 1.84 bits per heavy atom. The molecule has 0 aliphatic carbocycles. The van der Waals surface area contributed by atoms with Gasteiger partial charge in [-0.2, -0.15) is 0 Å². The Balaban J connectivity index is 1.82. The number of carbonyl (C=O) groups is 2. The Morgan fingerprint density at radius 1 is 1.12 bits per heavy atom. The zero-order valence-electron chi connectivity index (χ0n) is 18.3. The van der Waals surface area contributed by atoms with Gasteiger partial charge in [0.15, 0.2) is 0 Å². The number of amides is 2. The Labute approximate surface area is 185 Å². The smallest absolute Gasteiger partial charge is 0.268 e. The summed E-state index contributed by atoms with van der Waals surface area (Å²) in [7, 11) is 2.01. The maximum Gasteiger partial charge on any atom is 0.268 e. The molecule has 9 heteroatoms. The van der Waals surface area contributed by atoms with Crippen LogP contribution in [0.5, 0.6) is 0 Å². The first-order valence-electron chi connectivity index (χ1n) is 10.7. The van der Waals surface area contributed by atoms with E-state index in [1.165, 1.54) is 33.7 Å². The van der Waals surface area contributed by atoms with Gasteiger partial charge in [0.05, 0.1) is 0 Å². The molecule has 2 amide bonds. The summed E-state index contributed by atoms with van der Waals surface area (Å²) in [5.74, 6) is -1.15. The third-order valence-electron chi connectivity index (χ3n) is 6.45. The van der Waals surface area contributed by atoms with Gasteiger partial charge in [-0.15, -0.1) is 0 Å². The number of nitrogens with zero attached hydrogens (tertiary/aromatic N) is 4. The molecule has 32 heavy (non-hydrogen) atoms. The van der Waals surface area contributed by atoms with Gasteiger partial charge in [-0.25, -0.2) is 4.39 Å². The number of hydrogen-bond acceptors (Lipinski definition) is 5. The summed E-state index contributed by atoms with van der Waals surface area (Å²) in [5, 5.41) is 9.25. The number of halogens is 1. The molecule has 0 saturated carbocycles. The van der Waals surface area contributed by atoms with E-state index in [0.29, 0.717) is 49.4 Å². The second kappa shape index (κ2) is 8.84. The third-order valence-corrected chi connectivity index (χ3v) is 6.45. The first-order chi connectivity index (χ1) is 15.3. The average Bonchev–Trinajstić information content (AvgIpc) is 2.80. The van der Waals surface area contributed by atoms with Crippen LogP contribution in [0.3, 0.4) is 0 Å². The molecular formula is C23H27FN4O4. The summed E-state index contributed by atoms with van der Waals surface area (Å²) in [5.41, 5.74) is 1.42. The van der Waals surface area contributed by atoms with E-state index in [9.17, 15) is 23.9 Å². The monoisotopic (exact) mass is 442 g/mol. The molecule has 0 spiro atoms. The first kappa shape index (κ1) is 22.2. The van der Waals surface area contributed by atoms with Crippen LogP contribution in [0, 0.1) is 5.82 Å². The van der Waals surface area contributed by atoms with Crippen molar-refractivity contribution in [1.82, 2.24) is 19.3 Å². The quantitative estimate of drug-likeness (QED) is 0.754. The van der Waals surface area contributed by atoms with Crippen molar-refractivity contribution in [3.05, 3.63) is 63.3 Å². The molecule has 1 unspecified atom stereocenters. The fourth-order valence-corrected chi connectivity index (χ4v) is 4.37. The van der Waals surface area contributed by atoms with Gasteiger partial charge in [-0.3, -0.25) is 19.0 Å². The lowest BCUT2D eigenvalue weighted by Gasteiger charge is -2.38. The van der Waals surface area contributed by atoms with Crippen molar-refractivity contribution in [2.24, 2.45) is 0 Å². The van der Waals surface area contributed by atoms with E-state index in [1.807, 2.05) is 14.0 Å². The van der Waals surface area contributed by atoms with E-state index >= 15 is 0 Å². The minimum absolute atomic E-state index is 0.111. The fourth-order valence-electron chi connectivity index (χ4n) is 4.37. The van der Waals surface area contributed by atoms with Crippen LogP contribution >= 0.6 is 0 Å². The summed E-state index contributed by atoms with van der Waals surface area (Å²) >= 11 is 0. The van der Waals surface area contributed by atoms with E-state index in [2.05, 4.69) is 4.90 Å². The second-order valence-corrected chi connectivity index (χ2v) is 8.46. The van der Waals surface area contributed by atoms with Crippen molar-refractivity contribution in [1.29, 1.82) is 0 Å². The van der Waals surface area contributed by atoms with Gasteiger partial charge in [0.2, 0.25) is 5.91 Å². The van der Waals surface area contributed by atoms with Crippen molar-refractivity contribution in [3.8, 4) is 5.69 Å². The molecule has 1 atom stereocenters. The topological polar surface area (TPSA) is 86.1 Å². The van der Waals surface area contributed by atoms with E-state index in [4.69, 9.17) is 0 Å². The third kappa shape index (κ3) is 4.05. The number of aromatic nitrogens is 1. The molecule has 0 radical (unpaired) electrons. The number of aliphatic hydroxyl groups is 1. The first-order valence-corrected chi connectivity index (χ1v) is 10.7. The predicted molar refractivity (Wildman–Crippen MR) is 116 cm³/mol. The number of carbonyl (C=O) groups excluding carboxylic acids is 2. The van der Waals surface area contributed by atoms with Crippen LogP contribution in [0.1, 0.15) is 28.4 Å². The number of benzene rings is 1. The summed E-state index contributed by atoms with van der Waals surface area (Å²) in [6.45, 7) is 3.71. The molecule has 2 aliphatic rings. The Bertz CT molecular complexity index is 1100. The van der Waals surface area contributed by atoms with E-state index in [1.54, 1.807) is 11.1 Å². The minimum Gasteiger partial charge on any atom is -0.387 e. The molecule has 3 heterocycles.